The van der Waals surface area contributed by atoms with Gasteiger partial charge in [-0.2, -0.15) is 0 Å². The smallest absolute Gasteiger partial charge is 0.0707 e. The largest absolute Gasteiger partial charge is 0.310 e. The monoisotopic (exact) mass is 787 g/mol. The molecule has 1 spiro atoms. The summed E-state index contributed by atoms with van der Waals surface area (Å²) >= 11 is 0. The number of para-hydroxylation sites is 1. The first-order valence-corrected chi connectivity index (χ1v) is 22.5. The van der Waals surface area contributed by atoms with E-state index in [1.54, 1.807) is 5.56 Å². The van der Waals surface area contributed by atoms with Crippen molar-refractivity contribution in [2.75, 3.05) is 4.90 Å². The molecular formula is C60H53N. The molecule has 1 nitrogen and oxygen atoms in total. The molecule has 61 heavy (non-hydrogen) atoms. The first-order valence-electron chi connectivity index (χ1n) is 22.5. The van der Waals surface area contributed by atoms with Gasteiger partial charge in [-0.3, -0.25) is 0 Å². The summed E-state index contributed by atoms with van der Waals surface area (Å²) in [6.45, 7) is 5.04. The molecule has 11 rings (SSSR count). The molecule has 2 bridgehead atoms. The van der Waals surface area contributed by atoms with Crippen molar-refractivity contribution >= 4 is 17.1 Å². The molecule has 0 radical (unpaired) electrons. The molecule has 0 aromatic heterocycles. The normalized spacial score (nSPS) is 22.2. The molecule has 8 aromatic carbocycles. The highest BCUT2D eigenvalue weighted by atomic mass is 15.1. The van der Waals surface area contributed by atoms with Gasteiger partial charge in [0.25, 0.3) is 0 Å². The lowest BCUT2D eigenvalue weighted by atomic mass is 9.41. The third kappa shape index (κ3) is 5.96. The van der Waals surface area contributed by atoms with Crippen molar-refractivity contribution in [3.05, 3.63) is 246 Å². The van der Waals surface area contributed by atoms with Crippen LogP contribution in [0.25, 0.3) is 22.3 Å². The first-order chi connectivity index (χ1) is 30.1. The van der Waals surface area contributed by atoms with E-state index in [1.807, 2.05) is 0 Å². The van der Waals surface area contributed by atoms with Crippen LogP contribution in [-0.4, -0.2) is 0 Å². The number of hydrogen-bond acceptors (Lipinski definition) is 1. The zero-order valence-corrected chi connectivity index (χ0v) is 35.3. The standard InChI is InChI=1S/C60H53N/c1-42-37-49-39-43(2)40-50(38-42)60(49)55-29-17-16-28-54(55)59(47-23-11-5-12-24-47,48-25-13-6-14-26-48)56-36-35-52(41-57(56)60)61(51-33-31-45(32-34-51)44-19-7-3-8-20-44)58-30-18-15-27-53(58)46-21-9-4-10-22-46/h3-36,41-43,49-50H,37-40H2,1-2H3/t42-,43+,49+,50-,60?. The molecule has 1 heteroatoms. The van der Waals surface area contributed by atoms with Gasteiger partial charge in [0.15, 0.2) is 0 Å². The van der Waals surface area contributed by atoms with E-state index in [2.05, 4.69) is 231 Å². The molecule has 0 amide bonds. The Balaban J connectivity index is 1.23. The molecule has 0 atom stereocenters. The van der Waals surface area contributed by atoms with Gasteiger partial charge in [-0.25, -0.2) is 0 Å². The van der Waals surface area contributed by atoms with Gasteiger partial charge in [0, 0.05) is 22.4 Å². The Morgan fingerprint density at radius 3 is 1.41 bits per heavy atom. The van der Waals surface area contributed by atoms with Crippen LogP contribution >= 0.6 is 0 Å². The molecule has 0 saturated heterocycles. The summed E-state index contributed by atoms with van der Waals surface area (Å²) in [5, 5.41) is 0. The van der Waals surface area contributed by atoms with E-state index in [4.69, 9.17) is 0 Å². The Morgan fingerprint density at radius 2 is 0.820 bits per heavy atom. The molecule has 3 aliphatic rings. The molecule has 298 valence electrons. The van der Waals surface area contributed by atoms with Crippen molar-refractivity contribution in [2.24, 2.45) is 23.7 Å². The van der Waals surface area contributed by atoms with E-state index >= 15 is 0 Å². The SMILES string of the molecule is C[C@H]1C[C@@H]2C[C@@H](C)C[C@H](C1)C21c2ccccc2C(c2ccccc2)(c2ccccc2)c2ccc(N(c3ccc(-c4ccccc4)cc3)c3ccccc3-c3ccccc3)cc21. The van der Waals surface area contributed by atoms with Crippen molar-refractivity contribution in [1.82, 2.24) is 0 Å². The van der Waals surface area contributed by atoms with E-state index in [-0.39, 0.29) is 5.41 Å². The van der Waals surface area contributed by atoms with Gasteiger partial charge in [0.05, 0.1) is 11.1 Å². The highest BCUT2D eigenvalue weighted by Gasteiger charge is 2.61. The fraction of sp³-hybridized carbons (Fsp3) is 0.200. The lowest BCUT2D eigenvalue weighted by Crippen LogP contribution is -2.56. The Hall–Kier alpha value is -6.44. The fourth-order valence-electron chi connectivity index (χ4n) is 12.6. The highest BCUT2D eigenvalue weighted by molar-refractivity contribution is 5.89. The molecular weight excluding hydrogens is 735 g/mol. The van der Waals surface area contributed by atoms with Crippen LogP contribution in [0.3, 0.4) is 0 Å². The lowest BCUT2D eigenvalue weighted by molar-refractivity contribution is 0.0238. The van der Waals surface area contributed by atoms with E-state index in [9.17, 15) is 0 Å². The third-order valence-electron chi connectivity index (χ3n) is 14.8. The van der Waals surface area contributed by atoms with E-state index in [1.165, 1.54) is 87.1 Å². The molecule has 0 unspecified atom stereocenters. The Morgan fingerprint density at radius 1 is 0.377 bits per heavy atom. The number of anilines is 3. The van der Waals surface area contributed by atoms with Crippen LogP contribution in [0, 0.1) is 23.7 Å². The van der Waals surface area contributed by atoms with Crippen molar-refractivity contribution < 1.29 is 0 Å². The summed E-state index contributed by atoms with van der Waals surface area (Å²) in [6.07, 6.45) is 5.02. The van der Waals surface area contributed by atoms with Crippen molar-refractivity contribution in [3.8, 4) is 22.3 Å². The quantitative estimate of drug-likeness (QED) is 0.155. The molecule has 3 aliphatic carbocycles. The molecule has 8 aromatic rings. The Kier molecular flexibility index (Phi) is 9.38. The lowest BCUT2D eigenvalue weighted by Gasteiger charge is -2.62. The number of rotatable bonds is 7. The van der Waals surface area contributed by atoms with E-state index in [0.717, 1.165) is 5.69 Å². The first kappa shape index (κ1) is 37.6. The highest BCUT2D eigenvalue weighted by Crippen LogP contribution is 2.67. The average molecular weight is 788 g/mol. The molecule has 2 fully saturated rings. The van der Waals surface area contributed by atoms with Crippen LogP contribution in [0.2, 0.25) is 0 Å². The Bertz CT molecular complexity index is 2720. The van der Waals surface area contributed by atoms with Gasteiger partial charge >= 0.3 is 0 Å². The molecule has 0 aliphatic heterocycles. The predicted octanol–water partition coefficient (Wildman–Crippen LogP) is 15.6. The molecule has 0 N–H and O–H groups in total. The van der Waals surface area contributed by atoms with Crippen LogP contribution in [0.1, 0.15) is 72.9 Å². The average Bonchev–Trinajstić information content (AvgIpc) is 3.31. The minimum absolute atomic E-state index is 0.115. The minimum Gasteiger partial charge on any atom is -0.310 e. The van der Waals surface area contributed by atoms with E-state index < -0.39 is 5.41 Å². The second kappa shape index (κ2) is 15.2. The summed E-state index contributed by atoms with van der Waals surface area (Å²) in [5.74, 6) is 2.50. The van der Waals surface area contributed by atoms with Gasteiger partial charge in [0.1, 0.15) is 0 Å². The van der Waals surface area contributed by atoms with Gasteiger partial charge in [-0.1, -0.05) is 196 Å². The van der Waals surface area contributed by atoms with Gasteiger partial charge < -0.3 is 4.90 Å². The third-order valence-corrected chi connectivity index (χ3v) is 14.8. The number of nitrogens with zero attached hydrogens (tertiary/aromatic N) is 1. The van der Waals surface area contributed by atoms with Crippen LogP contribution in [0.15, 0.2) is 212 Å². The maximum Gasteiger partial charge on any atom is 0.0707 e. The number of benzene rings is 8. The minimum atomic E-state index is -0.495. The van der Waals surface area contributed by atoms with Gasteiger partial charge in [0.2, 0.25) is 0 Å². The topological polar surface area (TPSA) is 3.24 Å². The predicted molar refractivity (Wildman–Crippen MR) is 255 cm³/mol. The van der Waals surface area contributed by atoms with Crippen molar-refractivity contribution in [1.29, 1.82) is 0 Å². The Labute approximate surface area is 362 Å². The van der Waals surface area contributed by atoms with Crippen LogP contribution in [0.4, 0.5) is 17.1 Å². The second-order valence-corrected chi connectivity index (χ2v) is 18.3. The maximum absolute atomic E-state index is 2.67. The van der Waals surface area contributed by atoms with Crippen LogP contribution < -0.4 is 4.90 Å². The summed E-state index contributed by atoms with van der Waals surface area (Å²) in [6, 6.07) is 80.0. The summed E-state index contributed by atoms with van der Waals surface area (Å²) in [7, 11) is 0. The van der Waals surface area contributed by atoms with E-state index in [0.29, 0.717) is 23.7 Å². The van der Waals surface area contributed by atoms with Gasteiger partial charge in [-0.15, -0.1) is 0 Å². The molecule has 0 heterocycles. The molecule has 2 saturated carbocycles. The van der Waals surface area contributed by atoms with Crippen molar-refractivity contribution in [2.45, 2.75) is 50.4 Å². The van der Waals surface area contributed by atoms with Crippen LogP contribution in [-0.2, 0) is 10.8 Å². The number of fused-ring (bicyclic) bond motifs is 2. The zero-order chi connectivity index (χ0) is 41.0. The van der Waals surface area contributed by atoms with Crippen molar-refractivity contribution in [3.63, 3.8) is 0 Å². The summed E-state index contributed by atoms with van der Waals surface area (Å²) in [4.78, 5) is 2.54. The summed E-state index contributed by atoms with van der Waals surface area (Å²) in [5.41, 5.74) is 16.4. The number of hydrogen-bond donors (Lipinski definition) is 0. The maximum atomic E-state index is 2.67. The fourth-order valence-corrected chi connectivity index (χ4v) is 12.6. The van der Waals surface area contributed by atoms with Crippen LogP contribution in [0.5, 0.6) is 0 Å². The summed E-state index contributed by atoms with van der Waals surface area (Å²) < 4.78 is 0. The van der Waals surface area contributed by atoms with Gasteiger partial charge in [-0.05, 0) is 130 Å². The zero-order valence-electron chi connectivity index (χ0n) is 35.3. The second-order valence-electron chi connectivity index (χ2n) is 18.3.